The van der Waals surface area contributed by atoms with Crippen molar-refractivity contribution >= 4 is 5.97 Å². The lowest BCUT2D eigenvalue weighted by Gasteiger charge is -2.62. The summed E-state index contributed by atoms with van der Waals surface area (Å²) >= 11 is 0. The van der Waals surface area contributed by atoms with E-state index in [1.165, 1.54) is 57.8 Å². The molecule has 132 valence electrons. The first kappa shape index (κ1) is 18.5. The number of hydrogen-bond donors (Lipinski definition) is 1. The molecule has 0 amide bonds. The van der Waals surface area contributed by atoms with Gasteiger partial charge in [-0.05, 0) is 73.5 Å². The number of hydrogen-bond acceptors (Lipinski definition) is 1. The molecule has 0 aromatic carbocycles. The van der Waals surface area contributed by atoms with E-state index < -0.39 is 5.97 Å². The first-order valence-corrected chi connectivity index (χ1v) is 9.61. The zero-order chi connectivity index (χ0) is 17.3. The van der Waals surface area contributed by atoms with E-state index in [0.717, 1.165) is 24.7 Å². The first-order valence-electron chi connectivity index (χ1n) is 9.61. The molecular weight excluding hydrogens is 284 g/mol. The molecule has 23 heavy (non-hydrogen) atoms. The van der Waals surface area contributed by atoms with Gasteiger partial charge in [0.05, 0.1) is 0 Å². The van der Waals surface area contributed by atoms with Crippen molar-refractivity contribution in [3.63, 3.8) is 0 Å². The number of carbonyl (C=O) groups is 1. The maximum Gasteiger partial charge on any atom is 0.300 e. The molecule has 0 spiro atoms. The van der Waals surface area contributed by atoms with Crippen molar-refractivity contribution in [1.82, 2.24) is 0 Å². The van der Waals surface area contributed by atoms with Crippen LogP contribution in [-0.2, 0) is 4.79 Å². The van der Waals surface area contributed by atoms with E-state index in [9.17, 15) is 0 Å². The molecule has 0 heterocycles. The van der Waals surface area contributed by atoms with Crippen molar-refractivity contribution in [2.24, 2.45) is 28.6 Å². The van der Waals surface area contributed by atoms with Crippen LogP contribution in [0.5, 0.6) is 0 Å². The van der Waals surface area contributed by atoms with Gasteiger partial charge in [-0.3, -0.25) is 4.79 Å². The topological polar surface area (TPSA) is 37.3 Å². The molecular formula is C21H36O2. The van der Waals surface area contributed by atoms with Crippen molar-refractivity contribution in [2.45, 2.75) is 85.5 Å². The molecule has 2 heteroatoms. The average Bonchev–Trinajstić information content (AvgIpc) is 2.46. The summed E-state index contributed by atoms with van der Waals surface area (Å²) in [5.41, 5.74) is 2.81. The van der Waals surface area contributed by atoms with E-state index in [1.54, 1.807) is 5.57 Å². The van der Waals surface area contributed by atoms with E-state index in [0.29, 0.717) is 10.8 Å². The highest BCUT2D eigenvalue weighted by molar-refractivity contribution is 5.62. The molecule has 3 fully saturated rings. The second kappa shape index (κ2) is 6.99. The SMILES string of the molecule is C=C1CCC2[C@](CC)(CCC3C(C)CCC[C@]32C)C1.CC(=O)O. The molecule has 3 unspecified atom stereocenters. The number of allylic oxidation sites excluding steroid dienone is 1. The second-order valence-electron chi connectivity index (χ2n) is 8.77. The Labute approximate surface area is 142 Å². The minimum atomic E-state index is -0.833. The molecule has 0 aromatic heterocycles. The Morgan fingerprint density at radius 1 is 1.30 bits per heavy atom. The third-order valence-corrected chi connectivity index (χ3v) is 7.49. The fraction of sp³-hybridized carbons (Fsp3) is 0.857. The Morgan fingerprint density at radius 2 is 1.96 bits per heavy atom. The highest BCUT2D eigenvalue weighted by Gasteiger charge is 2.57. The quantitative estimate of drug-likeness (QED) is 0.596. The van der Waals surface area contributed by atoms with Gasteiger partial charge < -0.3 is 5.11 Å². The largest absolute Gasteiger partial charge is 0.481 e. The Bertz CT molecular complexity index is 451. The van der Waals surface area contributed by atoms with Crippen molar-refractivity contribution in [3.05, 3.63) is 12.2 Å². The van der Waals surface area contributed by atoms with Crippen molar-refractivity contribution in [1.29, 1.82) is 0 Å². The van der Waals surface area contributed by atoms with Crippen molar-refractivity contribution < 1.29 is 9.90 Å². The lowest BCUT2D eigenvalue weighted by Crippen LogP contribution is -2.54. The summed E-state index contributed by atoms with van der Waals surface area (Å²) in [6.07, 6.45) is 12.9. The summed E-state index contributed by atoms with van der Waals surface area (Å²) in [5, 5.41) is 7.42. The van der Waals surface area contributed by atoms with Crippen LogP contribution >= 0.6 is 0 Å². The van der Waals surface area contributed by atoms with E-state index in [1.807, 2.05) is 0 Å². The molecule has 5 atom stereocenters. The van der Waals surface area contributed by atoms with Crippen LogP contribution in [0.2, 0.25) is 0 Å². The maximum atomic E-state index is 9.00. The molecule has 0 aliphatic heterocycles. The van der Waals surface area contributed by atoms with E-state index in [-0.39, 0.29) is 0 Å². The standard InChI is InChI=1S/C19H32.C2H4O2/c1-5-19-12-10-16-15(3)7-6-11-18(16,4)17(19)9-8-14(2)13-19;1-2(3)4/h15-17H,2,5-13H2,1,3-4H3;1H3,(H,3,4)/t15?,16?,17?,18-,19-;/m1./s1. The third-order valence-electron chi connectivity index (χ3n) is 7.49. The lowest BCUT2D eigenvalue weighted by atomic mass is 9.42. The van der Waals surface area contributed by atoms with Gasteiger partial charge in [-0.15, -0.1) is 0 Å². The van der Waals surface area contributed by atoms with Crippen molar-refractivity contribution in [3.8, 4) is 0 Å². The molecule has 3 aliphatic rings. The zero-order valence-electron chi connectivity index (χ0n) is 15.7. The molecule has 0 bridgehead atoms. The summed E-state index contributed by atoms with van der Waals surface area (Å²) in [5.74, 6) is 2.13. The highest BCUT2D eigenvalue weighted by Crippen LogP contribution is 2.66. The molecule has 1 N–H and O–H groups in total. The molecule has 3 saturated carbocycles. The summed E-state index contributed by atoms with van der Waals surface area (Å²) in [6.45, 7) is 13.1. The minimum absolute atomic E-state index is 0.623. The average molecular weight is 321 g/mol. The van der Waals surface area contributed by atoms with Gasteiger partial charge in [0.25, 0.3) is 5.97 Å². The van der Waals surface area contributed by atoms with Gasteiger partial charge in [-0.25, -0.2) is 0 Å². The van der Waals surface area contributed by atoms with Crippen LogP contribution in [0.3, 0.4) is 0 Å². The normalized spacial score (nSPS) is 42.8. The predicted octanol–water partition coefficient (Wildman–Crippen LogP) is 6.07. The van der Waals surface area contributed by atoms with Gasteiger partial charge in [-0.1, -0.05) is 45.8 Å². The van der Waals surface area contributed by atoms with E-state index >= 15 is 0 Å². The molecule has 0 saturated heterocycles. The van der Waals surface area contributed by atoms with Crippen LogP contribution < -0.4 is 0 Å². The van der Waals surface area contributed by atoms with Gasteiger partial charge in [0.15, 0.2) is 0 Å². The number of carboxylic acids is 1. The van der Waals surface area contributed by atoms with Gasteiger partial charge in [0.2, 0.25) is 0 Å². The van der Waals surface area contributed by atoms with Crippen LogP contribution in [-0.4, -0.2) is 11.1 Å². The number of carboxylic acid groups (broad SMARTS) is 1. The number of fused-ring (bicyclic) bond motifs is 3. The van der Waals surface area contributed by atoms with Gasteiger partial charge in [0, 0.05) is 6.92 Å². The van der Waals surface area contributed by atoms with Crippen molar-refractivity contribution in [2.75, 3.05) is 0 Å². The minimum Gasteiger partial charge on any atom is -0.481 e. The maximum absolute atomic E-state index is 9.00. The third kappa shape index (κ3) is 3.51. The Kier molecular flexibility index (Phi) is 5.63. The Hall–Kier alpha value is -0.790. The molecule has 3 rings (SSSR count). The van der Waals surface area contributed by atoms with E-state index in [4.69, 9.17) is 9.90 Å². The molecule has 0 radical (unpaired) electrons. The first-order chi connectivity index (χ1) is 10.7. The molecule has 0 aromatic rings. The van der Waals surface area contributed by atoms with Gasteiger partial charge in [-0.2, -0.15) is 0 Å². The summed E-state index contributed by atoms with van der Waals surface area (Å²) in [6, 6.07) is 0. The van der Waals surface area contributed by atoms with Crippen LogP contribution in [0, 0.1) is 28.6 Å². The smallest absolute Gasteiger partial charge is 0.300 e. The number of rotatable bonds is 1. The number of aliphatic carboxylic acids is 1. The van der Waals surface area contributed by atoms with Crippen LogP contribution in [0.25, 0.3) is 0 Å². The monoisotopic (exact) mass is 320 g/mol. The fourth-order valence-electron chi connectivity index (χ4n) is 6.54. The van der Waals surface area contributed by atoms with Crippen LogP contribution in [0.1, 0.15) is 85.5 Å². The van der Waals surface area contributed by atoms with Crippen LogP contribution in [0.4, 0.5) is 0 Å². The Morgan fingerprint density at radius 3 is 2.57 bits per heavy atom. The fourth-order valence-corrected chi connectivity index (χ4v) is 6.54. The van der Waals surface area contributed by atoms with Gasteiger partial charge >= 0.3 is 0 Å². The van der Waals surface area contributed by atoms with E-state index in [2.05, 4.69) is 27.4 Å². The second-order valence-corrected chi connectivity index (χ2v) is 8.77. The molecule has 2 nitrogen and oxygen atoms in total. The summed E-state index contributed by atoms with van der Waals surface area (Å²) < 4.78 is 0. The zero-order valence-corrected chi connectivity index (χ0v) is 15.7. The Balaban J connectivity index is 0.000000433. The van der Waals surface area contributed by atoms with Crippen LogP contribution in [0.15, 0.2) is 12.2 Å². The molecule has 3 aliphatic carbocycles. The summed E-state index contributed by atoms with van der Waals surface area (Å²) in [4.78, 5) is 9.00. The lowest BCUT2D eigenvalue weighted by molar-refractivity contribution is -0.134. The predicted molar refractivity (Wildman–Crippen MR) is 96.4 cm³/mol. The van der Waals surface area contributed by atoms with Gasteiger partial charge in [0.1, 0.15) is 0 Å². The highest BCUT2D eigenvalue weighted by atomic mass is 16.4. The summed E-state index contributed by atoms with van der Waals surface area (Å²) in [7, 11) is 0.